The lowest BCUT2D eigenvalue weighted by molar-refractivity contribution is 0.0691. The Morgan fingerprint density at radius 3 is 2.38 bits per heavy atom. The number of rotatable bonds is 3. The number of carboxylic acids is 1. The van der Waals surface area contributed by atoms with Crippen molar-refractivity contribution in [1.29, 1.82) is 0 Å². The van der Waals surface area contributed by atoms with Crippen LogP contribution in [0.1, 0.15) is 36.8 Å². The fourth-order valence-corrected chi connectivity index (χ4v) is 3.79. The molecule has 2 N–H and O–H groups in total. The van der Waals surface area contributed by atoms with Crippen LogP contribution >= 0.6 is 23.4 Å². The molecule has 1 aromatic heterocycles. The Balaban J connectivity index is 1.99. The van der Waals surface area contributed by atoms with Crippen LogP contribution in [0.25, 0.3) is 10.9 Å². The van der Waals surface area contributed by atoms with E-state index in [1.165, 1.54) is 5.56 Å². The average molecular weight is 360 g/mol. The van der Waals surface area contributed by atoms with Gasteiger partial charge in [0.1, 0.15) is 5.69 Å². The van der Waals surface area contributed by atoms with E-state index in [9.17, 15) is 9.90 Å². The van der Waals surface area contributed by atoms with E-state index in [0.717, 1.165) is 20.7 Å². The molecule has 0 saturated heterocycles. The fourth-order valence-electron chi connectivity index (χ4n) is 2.52. The van der Waals surface area contributed by atoms with Gasteiger partial charge in [0, 0.05) is 25.7 Å². The summed E-state index contributed by atoms with van der Waals surface area (Å²) < 4.78 is 0. The molecule has 0 saturated carbocycles. The van der Waals surface area contributed by atoms with Crippen LogP contribution in [0.5, 0.6) is 0 Å². The number of benzene rings is 2. The van der Waals surface area contributed by atoms with Crippen LogP contribution < -0.4 is 0 Å². The topological polar surface area (TPSA) is 53.1 Å². The van der Waals surface area contributed by atoms with E-state index in [-0.39, 0.29) is 11.1 Å². The second-order valence-electron chi connectivity index (χ2n) is 6.73. The molecule has 0 aliphatic rings. The summed E-state index contributed by atoms with van der Waals surface area (Å²) in [5.74, 6) is -0.979. The fraction of sp³-hybridized carbons (Fsp3) is 0.211. The van der Waals surface area contributed by atoms with Crippen molar-refractivity contribution in [3.8, 4) is 0 Å². The number of aromatic nitrogens is 1. The quantitative estimate of drug-likeness (QED) is 0.605. The molecule has 5 heteroatoms. The molecule has 3 rings (SSSR count). The highest BCUT2D eigenvalue weighted by Crippen LogP contribution is 2.37. The molecule has 0 unspecified atom stereocenters. The van der Waals surface area contributed by atoms with E-state index in [2.05, 4.69) is 50.0 Å². The molecule has 1 heterocycles. The van der Waals surface area contributed by atoms with Crippen molar-refractivity contribution in [2.24, 2.45) is 0 Å². The van der Waals surface area contributed by atoms with E-state index in [0.29, 0.717) is 5.02 Å². The molecule has 0 aliphatic carbocycles. The monoisotopic (exact) mass is 359 g/mol. The van der Waals surface area contributed by atoms with Gasteiger partial charge in [0.15, 0.2) is 0 Å². The van der Waals surface area contributed by atoms with E-state index in [1.807, 2.05) is 6.07 Å². The Morgan fingerprint density at radius 1 is 1.12 bits per heavy atom. The minimum Gasteiger partial charge on any atom is -0.477 e. The van der Waals surface area contributed by atoms with Gasteiger partial charge in [-0.2, -0.15) is 0 Å². The highest BCUT2D eigenvalue weighted by atomic mass is 35.5. The number of halogens is 1. The summed E-state index contributed by atoms with van der Waals surface area (Å²) in [4.78, 5) is 16.1. The SMILES string of the molecule is CC(C)(C)c1ccc(Sc2cc(Cl)cc3[nH]c(C(=O)O)cc23)cc1. The number of fused-ring (bicyclic) bond motifs is 1. The number of H-pyrrole nitrogens is 1. The number of hydrogen-bond donors (Lipinski definition) is 2. The maximum Gasteiger partial charge on any atom is 0.352 e. The molecule has 24 heavy (non-hydrogen) atoms. The molecule has 0 aliphatic heterocycles. The summed E-state index contributed by atoms with van der Waals surface area (Å²) in [5.41, 5.74) is 2.28. The highest BCUT2D eigenvalue weighted by Gasteiger charge is 2.15. The maximum absolute atomic E-state index is 11.2. The molecule has 0 bridgehead atoms. The first kappa shape index (κ1) is 16.9. The lowest BCUT2D eigenvalue weighted by atomic mass is 9.87. The zero-order valence-corrected chi connectivity index (χ0v) is 15.3. The molecule has 0 atom stereocenters. The molecule has 0 spiro atoms. The zero-order chi connectivity index (χ0) is 17.5. The van der Waals surface area contributed by atoms with Crippen molar-refractivity contribution in [3.63, 3.8) is 0 Å². The van der Waals surface area contributed by atoms with Crippen LogP contribution in [0, 0.1) is 0 Å². The second-order valence-corrected chi connectivity index (χ2v) is 8.28. The number of nitrogens with one attached hydrogen (secondary N) is 1. The standard InChI is InChI=1S/C19H18ClNO2S/c1-19(2,3)11-4-6-13(7-5-11)24-17-9-12(20)8-15-14(17)10-16(21-15)18(22)23/h4-10,21H,1-3H3,(H,22,23). The lowest BCUT2D eigenvalue weighted by Crippen LogP contribution is -2.10. The predicted molar refractivity (Wildman–Crippen MR) is 99.5 cm³/mol. The van der Waals surface area contributed by atoms with Gasteiger partial charge < -0.3 is 10.1 Å². The number of carbonyl (C=O) groups is 1. The second kappa shape index (κ2) is 6.19. The molecule has 0 radical (unpaired) electrons. The summed E-state index contributed by atoms with van der Waals surface area (Å²) in [6, 6.07) is 13.7. The van der Waals surface area contributed by atoms with Gasteiger partial charge in [-0.15, -0.1) is 0 Å². The minimum absolute atomic E-state index is 0.115. The Kier molecular flexibility index (Phi) is 4.37. The number of aromatic amines is 1. The summed E-state index contributed by atoms with van der Waals surface area (Å²) in [6.45, 7) is 6.55. The van der Waals surface area contributed by atoms with Gasteiger partial charge in [0.25, 0.3) is 0 Å². The number of hydrogen-bond acceptors (Lipinski definition) is 2. The van der Waals surface area contributed by atoms with Crippen LogP contribution in [0.3, 0.4) is 0 Å². The van der Waals surface area contributed by atoms with Crippen molar-refractivity contribution >= 4 is 40.2 Å². The number of aromatic carboxylic acids is 1. The van der Waals surface area contributed by atoms with Crippen LogP contribution in [0.15, 0.2) is 52.3 Å². The van der Waals surface area contributed by atoms with E-state index in [4.69, 9.17) is 11.6 Å². The largest absolute Gasteiger partial charge is 0.477 e. The molecule has 2 aromatic carbocycles. The Hall–Kier alpha value is -1.91. The Labute approximate surface area is 150 Å². The van der Waals surface area contributed by atoms with Gasteiger partial charge in [-0.05, 0) is 41.3 Å². The first-order chi connectivity index (χ1) is 11.2. The van der Waals surface area contributed by atoms with Gasteiger partial charge in [-0.1, -0.05) is 56.3 Å². The van der Waals surface area contributed by atoms with Crippen LogP contribution in [0.2, 0.25) is 5.02 Å². The predicted octanol–water partition coefficient (Wildman–Crippen LogP) is 5.97. The highest BCUT2D eigenvalue weighted by molar-refractivity contribution is 7.99. The maximum atomic E-state index is 11.2. The van der Waals surface area contributed by atoms with Crippen LogP contribution in [0.4, 0.5) is 0 Å². The van der Waals surface area contributed by atoms with Gasteiger partial charge in [0.2, 0.25) is 0 Å². The average Bonchev–Trinajstić information content (AvgIpc) is 2.91. The summed E-state index contributed by atoms with van der Waals surface area (Å²) >= 11 is 7.76. The Morgan fingerprint density at radius 2 is 1.79 bits per heavy atom. The number of carboxylic acid groups (broad SMARTS) is 1. The normalized spacial score (nSPS) is 11.8. The molecule has 0 amide bonds. The Bertz CT molecular complexity index is 908. The van der Waals surface area contributed by atoms with Crippen LogP contribution in [-0.2, 0) is 5.41 Å². The van der Waals surface area contributed by atoms with Gasteiger partial charge in [0.05, 0.1) is 0 Å². The third-order valence-electron chi connectivity index (χ3n) is 3.84. The van der Waals surface area contributed by atoms with Crippen molar-refractivity contribution in [2.45, 2.75) is 36.0 Å². The van der Waals surface area contributed by atoms with Gasteiger partial charge in [-0.3, -0.25) is 0 Å². The minimum atomic E-state index is -0.979. The van der Waals surface area contributed by atoms with Crippen molar-refractivity contribution in [3.05, 3.63) is 58.7 Å². The molecular formula is C19H18ClNO2S. The third kappa shape index (κ3) is 3.45. The first-order valence-electron chi connectivity index (χ1n) is 7.58. The molecular weight excluding hydrogens is 342 g/mol. The molecule has 0 fully saturated rings. The van der Waals surface area contributed by atoms with Crippen molar-refractivity contribution in [2.75, 3.05) is 0 Å². The van der Waals surface area contributed by atoms with E-state index < -0.39 is 5.97 Å². The molecule has 124 valence electrons. The van der Waals surface area contributed by atoms with E-state index in [1.54, 1.807) is 23.9 Å². The van der Waals surface area contributed by atoms with Gasteiger partial charge in [-0.25, -0.2) is 4.79 Å². The zero-order valence-electron chi connectivity index (χ0n) is 13.7. The smallest absolute Gasteiger partial charge is 0.352 e. The molecule has 3 nitrogen and oxygen atoms in total. The van der Waals surface area contributed by atoms with Gasteiger partial charge >= 0.3 is 5.97 Å². The summed E-state index contributed by atoms with van der Waals surface area (Å²) in [7, 11) is 0. The van der Waals surface area contributed by atoms with Crippen molar-refractivity contribution < 1.29 is 9.90 Å². The van der Waals surface area contributed by atoms with Crippen LogP contribution in [-0.4, -0.2) is 16.1 Å². The molecule has 3 aromatic rings. The lowest BCUT2D eigenvalue weighted by Gasteiger charge is -2.19. The third-order valence-corrected chi connectivity index (χ3v) is 5.13. The summed E-state index contributed by atoms with van der Waals surface area (Å²) in [6.07, 6.45) is 0. The van der Waals surface area contributed by atoms with Crippen molar-refractivity contribution in [1.82, 2.24) is 4.98 Å². The van der Waals surface area contributed by atoms with E-state index >= 15 is 0 Å². The summed E-state index contributed by atoms with van der Waals surface area (Å²) in [5, 5.41) is 10.6. The first-order valence-corrected chi connectivity index (χ1v) is 8.77.